The summed E-state index contributed by atoms with van der Waals surface area (Å²) in [5.74, 6) is -8.80. The van der Waals surface area contributed by atoms with E-state index in [4.69, 9.17) is 9.84 Å². The van der Waals surface area contributed by atoms with Crippen LogP contribution in [-0.2, 0) is 14.3 Å². The maximum atomic E-state index is 13.3. The molecule has 0 spiro atoms. The Morgan fingerprint density at radius 1 is 1.00 bits per heavy atom. The van der Waals surface area contributed by atoms with E-state index in [9.17, 15) is 23.2 Å². The zero-order valence-electron chi connectivity index (χ0n) is 17.5. The summed E-state index contributed by atoms with van der Waals surface area (Å²) in [5, 5.41) is 13.4. The lowest BCUT2D eigenvalue weighted by molar-refractivity contribution is -0.141. The molecule has 0 heterocycles. The van der Waals surface area contributed by atoms with Gasteiger partial charge in [0.1, 0.15) is 12.5 Å². The maximum Gasteiger partial charge on any atom is 0.407 e. The Labute approximate surface area is 188 Å². The number of halogens is 2. The van der Waals surface area contributed by atoms with Gasteiger partial charge < -0.3 is 20.5 Å². The summed E-state index contributed by atoms with van der Waals surface area (Å²) in [5.41, 5.74) is 4.42. The van der Waals surface area contributed by atoms with Crippen molar-refractivity contribution in [1.82, 2.24) is 10.6 Å². The summed E-state index contributed by atoms with van der Waals surface area (Å²) in [6, 6.07) is 15.9. The van der Waals surface area contributed by atoms with Gasteiger partial charge >= 0.3 is 12.1 Å². The third-order valence-electron chi connectivity index (χ3n) is 5.94. The molecule has 2 aliphatic carbocycles. The topological polar surface area (TPSA) is 105 Å². The summed E-state index contributed by atoms with van der Waals surface area (Å²) in [4.78, 5) is 34.5. The van der Waals surface area contributed by atoms with Crippen molar-refractivity contribution in [2.45, 2.75) is 11.8 Å². The highest BCUT2D eigenvalue weighted by Gasteiger charge is 2.72. The zero-order valence-corrected chi connectivity index (χ0v) is 17.5. The minimum absolute atomic E-state index is 0.00142. The standard InChI is InChI=1S/C24H22F2N2O5/c25-24(26)19(21(24)22(30)31)12-28-20(29)10-5-11-27-23(32)33-13-18-16-8-3-1-6-14(16)15-7-2-4-9-17(15)18/h1-10,18-19,21H,11-13H2,(H,27,32)(H,28,29)(H,30,31)/b10-5+. The van der Waals surface area contributed by atoms with Crippen molar-refractivity contribution in [3.8, 4) is 11.1 Å². The molecule has 0 bridgehead atoms. The molecule has 2 unspecified atom stereocenters. The van der Waals surface area contributed by atoms with Crippen LogP contribution in [0.5, 0.6) is 0 Å². The predicted octanol–water partition coefficient (Wildman–Crippen LogP) is 3.16. The number of hydrogen-bond donors (Lipinski definition) is 3. The number of benzene rings is 2. The van der Waals surface area contributed by atoms with Crippen molar-refractivity contribution in [1.29, 1.82) is 0 Å². The fourth-order valence-corrected chi connectivity index (χ4v) is 4.21. The Bertz CT molecular complexity index is 1070. The largest absolute Gasteiger partial charge is 0.481 e. The molecule has 0 aromatic heterocycles. The fourth-order valence-electron chi connectivity index (χ4n) is 4.21. The van der Waals surface area contributed by atoms with Gasteiger partial charge in [0.05, 0.1) is 5.92 Å². The monoisotopic (exact) mass is 456 g/mol. The number of hydrogen-bond acceptors (Lipinski definition) is 4. The molecule has 33 heavy (non-hydrogen) atoms. The molecular weight excluding hydrogens is 434 g/mol. The van der Waals surface area contributed by atoms with Crippen LogP contribution in [-0.4, -0.2) is 48.7 Å². The molecule has 2 amide bonds. The molecule has 4 rings (SSSR count). The molecule has 0 aliphatic heterocycles. The lowest BCUT2D eigenvalue weighted by atomic mass is 9.98. The number of carboxylic acid groups (broad SMARTS) is 1. The predicted molar refractivity (Wildman–Crippen MR) is 115 cm³/mol. The van der Waals surface area contributed by atoms with E-state index in [1.54, 1.807) is 0 Å². The number of carbonyl (C=O) groups excluding carboxylic acids is 2. The van der Waals surface area contributed by atoms with E-state index in [0.717, 1.165) is 28.3 Å². The normalized spacial score (nSPS) is 20.1. The number of fused-ring (bicyclic) bond motifs is 3. The van der Waals surface area contributed by atoms with Gasteiger partial charge in [0.2, 0.25) is 5.91 Å². The maximum absolute atomic E-state index is 13.3. The van der Waals surface area contributed by atoms with Gasteiger partial charge in [-0.05, 0) is 22.3 Å². The van der Waals surface area contributed by atoms with Crippen LogP contribution in [0, 0.1) is 11.8 Å². The zero-order chi connectivity index (χ0) is 23.6. The number of ether oxygens (including phenoxy) is 1. The Morgan fingerprint density at radius 2 is 1.61 bits per heavy atom. The third kappa shape index (κ3) is 4.57. The minimum Gasteiger partial charge on any atom is -0.481 e. The number of alkyl carbamates (subject to hydrolysis) is 1. The molecule has 2 aromatic carbocycles. The molecular formula is C24H22F2N2O5. The summed E-state index contributed by atoms with van der Waals surface area (Å²) >= 11 is 0. The number of carbonyl (C=O) groups is 3. The second kappa shape index (κ2) is 9.01. The van der Waals surface area contributed by atoms with Crippen LogP contribution in [0.2, 0.25) is 0 Å². The van der Waals surface area contributed by atoms with Crippen molar-refractivity contribution in [2.75, 3.05) is 19.7 Å². The van der Waals surface area contributed by atoms with Crippen LogP contribution >= 0.6 is 0 Å². The molecule has 2 aromatic rings. The van der Waals surface area contributed by atoms with Gasteiger partial charge in [-0.1, -0.05) is 54.6 Å². The lowest BCUT2D eigenvalue weighted by Gasteiger charge is -2.14. The van der Waals surface area contributed by atoms with Crippen LogP contribution in [0.15, 0.2) is 60.7 Å². The molecule has 172 valence electrons. The van der Waals surface area contributed by atoms with Crippen molar-refractivity contribution >= 4 is 18.0 Å². The number of carboxylic acids is 1. The average Bonchev–Trinajstić information content (AvgIpc) is 3.21. The molecule has 1 saturated carbocycles. The molecule has 2 atom stereocenters. The first-order valence-electron chi connectivity index (χ1n) is 10.4. The van der Waals surface area contributed by atoms with Crippen molar-refractivity contribution in [3.63, 3.8) is 0 Å². The fraction of sp³-hybridized carbons (Fsp3) is 0.292. The number of alkyl halides is 2. The SMILES string of the molecule is O=C(/C=C/CNC(=O)OCC1c2ccccc2-c2ccccc21)NCC1C(C(=O)O)C1(F)F. The van der Waals surface area contributed by atoms with Crippen molar-refractivity contribution in [2.24, 2.45) is 11.8 Å². The van der Waals surface area contributed by atoms with Gasteiger partial charge in [0.15, 0.2) is 0 Å². The first kappa shape index (κ1) is 22.4. The Hall–Kier alpha value is -3.75. The van der Waals surface area contributed by atoms with Gasteiger partial charge in [0.25, 0.3) is 5.92 Å². The smallest absolute Gasteiger partial charge is 0.407 e. The summed E-state index contributed by atoms with van der Waals surface area (Å²) in [6.07, 6.45) is 1.78. The first-order chi connectivity index (χ1) is 15.8. The van der Waals surface area contributed by atoms with Gasteiger partial charge in [0, 0.05) is 25.1 Å². The van der Waals surface area contributed by atoms with E-state index >= 15 is 0 Å². The van der Waals surface area contributed by atoms with Gasteiger partial charge in [-0.3, -0.25) is 9.59 Å². The Kier molecular flexibility index (Phi) is 6.13. The lowest BCUT2D eigenvalue weighted by Crippen LogP contribution is -2.27. The molecule has 2 aliphatic rings. The van der Waals surface area contributed by atoms with E-state index in [1.165, 1.54) is 6.08 Å². The summed E-state index contributed by atoms with van der Waals surface area (Å²) < 4.78 is 32.0. The Balaban J connectivity index is 1.20. The highest BCUT2D eigenvalue weighted by molar-refractivity contribution is 5.87. The Morgan fingerprint density at radius 3 is 2.18 bits per heavy atom. The molecule has 9 heteroatoms. The summed E-state index contributed by atoms with van der Waals surface area (Å²) in [6.45, 7) is -0.279. The first-order valence-corrected chi connectivity index (χ1v) is 10.4. The number of amides is 2. The van der Waals surface area contributed by atoms with Crippen LogP contribution in [0.25, 0.3) is 11.1 Å². The number of aliphatic carboxylic acids is 1. The van der Waals surface area contributed by atoms with Crippen LogP contribution in [0.1, 0.15) is 17.0 Å². The highest BCUT2D eigenvalue weighted by Crippen LogP contribution is 2.54. The van der Waals surface area contributed by atoms with E-state index < -0.39 is 42.3 Å². The minimum atomic E-state index is -3.31. The van der Waals surface area contributed by atoms with E-state index in [-0.39, 0.29) is 19.1 Å². The second-order valence-electron chi connectivity index (χ2n) is 7.95. The highest BCUT2D eigenvalue weighted by atomic mass is 19.3. The summed E-state index contributed by atoms with van der Waals surface area (Å²) in [7, 11) is 0. The van der Waals surface area contributed by atoms with Crippen molar-refractivity contribution in [3.05, 3.63) is 71.8 Å². The molecule has 3 N–H and O–H groups in total. The molecule has 1 fully saturated rings. The number of rotatable bonds is 8. The average molecular weight is 456 g/mol. The van der Waals surface area contributed by atoms with Crippen LogP contribution in [0.3, 0.4) is 0 Å². The second-order valence-corrected chi connectivity index (χ2v) is 7.95. The van der Waals surface area contributed by atoms with Crippen molar-refractivity contribution < 1.29 is 33.0 Å². The molecule has 0 radical (unpaired) electrons. The van der Waals surface area contributed by atoms with Gasteiger partial charge in [-0.15, -0.1) is 0 Å². The molecule has 0 saturated heterocycles. The quantitative estimate of drug-likeness (QED) is 0.530. The van der Waals surface area contributed by atoms with E-state index in [2.05, 4.69) is 10.6 Å². The van der Waals surface area contributed by atoms with Gasteiger partial charge in [-0.25, -0.2) is 13.6 Å². The third-order valence-corrected chi connectivity index (χ3v) is 5.94. The number of nitrogens with one attached hydrogen (secondary N) is 2. The van der Waals surface area contributed by atoms with E-state index in [0.29, 0.717) is 0 Å². The molecule has 7 nitrogen and oxygen atoms in total. The van der Waals surface area contributed by atoms with E-state index in [1.807, 2.05) is 48.5 Å². The van der Waals surface area contributed by atoms with Crippen LogP contribution < -0.4 is 10.6 Å². The van der Waals surface area contributed by atoms with Gasteiger partial charge in [-0.2, -0.15) is 0 Å². The van der Waals surface area contributed by atoms with Crippen LogP contribution in [0.4, 0.5) is 13.6 Å².